The molecule has 2 N–H and O–H groups in total. The van der Waals surface area contributed by atoms with Gasteiger partial charge in [0.05, 0.1) is 11.3 Å². The van der Waals surface area contributed by atoms with E-state index in [0.717, 1.165) is 12.1 Å². The van der Waals surface area contributed by atoms with Gasteiger partial charge in [-0.15, -0.1) is 0 Å². The van der Waals surface area contributed by atoms with Gasteiger partial charge in [0.1, 0.15) is 0 Å². The summed E-state index contributed by atoms with van der Waals surface area (Å²) in [6.45, 7) is 2.59. The van der Waals surface area contributed by atoms with Gasteiger partial charge in [-0.2, -0.15) is 4.31 Å². The van der Waals surface area contributed by atoms with Crippen LogP contribution in [-0.2, 0) is 23.0 Å². The van der Waals surface area contributed by atoms with Crippen molar-refractivity contribution in [3.05, 3.63) is 29.1 Å². The molecule has 0 saturated heterocycles. The fourth-order valence-electron chi connectivity index (χ4n) is 2.28. The van der Waals surface area contributed by atoms with Crippen molar-refractivity contribution >= 4 is 15.9 Å². The number of carbonyl (C=O) groups excluding carboxylic acids is 1. The summed E-state index contributed by atoms with van der Waals surface area (Å²) >= 11 is 0. The molecule has 0 aliphatic carbocycles. The lowest BCUT2D eigenvalue weighted by molar-refractivity contribution is 0.0705. The molecular formula is C13H19N3O4S. The lowest BCUT2D eigenvalue weighted by Gasteiger charge is -2.27. The van der Waals surface area contributed by atoms with Crippen LogP contribution in [0, 0.1) is 0 Å². The second kappa shape index (κ2) is 6.50. The van der Waals surface area contributed by atoms with E-state index in [0.29, 0.717) is 24.9 Å². The molecule has 0 spiro atoms. The molecule has 1 aromatic heterocycles. The first kappa shape index (κ1) is 15.9. The van der Waals surface area contributed by atoms with Gasteiger partial charge in [0.2, 0.25) is 10.0 Å². The van der Waals surface area contributed by atoms with Gasteiger partial charge in [0, 0.05) is 31.4 Å². The minimum absolute atomic E-state index is 0.142. The molecule has 0 atom stereocenters. The molecule has 0 fully saturated rings. The topological polar surface area (TPSA) is 99.6 Å². The summed E-state index contributed by atoms with van der Waals surface area (Å²) in [4.78, 5) is 15.6. The summed E-state index contributed by atoms with van der Waals surface area (Å²) < 4.78 is 25.9. The van der Waals surface area contributed by atoms with Crippen molar-refractivity contribution in [2.24, 2.45) is 0 Å². The lowest BCUT2D eigenvalue weighted by atomic mass is 10.1. The Morgan fingerprint density at radius 2 is 2.29 bits per heavy atom. The highest BCUT2D eigenvalue weighted by Crippen LogP contribution is 2.21. The van der Waals surface area contributed by atoms with Gasteiger partial charge in [-0.1, -0.05) is 13.3 Å². The summed E-state index contributed by atoms with van der Waals surface area (Å²) in [6.07, 6.45) is 3.37. The number of pyridine rings is 1. The van der Waals surface area contributed by atoms with Crippen molar-refractivity contribution in [2.45, 2.75) is 32.7 Å². The molecule has 0 radical (unpaired) electrons. The number of aromatic nitrogens is 1. The molecule has 0 bridgehead atoms. The van der Waals surface area contributed by atoms with Crippen LogP contribution in [0.5, 0.6) is 0 Å². The van der Waals surface area contributed by atoms with Crippen LogP contribution >= 0.6 is 0 Å². The summed E-state index contributed by atoms with van der Waals surface area (Å²) in [7, 11) is -3.27. The van der Waals surface area contributed by atoms with E-state index in [2.05, 4.69) is 4.98 Å². The van der Waals surface area contributed by atoms with Crippen molar-refractivity contribution in [3.8, 4) is 0 Å². The zero-order valence-electron chi connectivity index (χ0n) is 11.9. The number of nitrogens with zero attached hydrogens (tertiary/aromatic N) is 2. The van der Waals surface area contributed by atoms with Crippen LogP contribution in [0.2, 0.25) is 0 Å². The Hall–Kier alpha value is -1.51. The van der Waals surface area contributed by atoms with Gasteiger partial charge >= 0.3 is 0 Å². The maximum atomic E-state index is 12.2. The molecule has 0 aromatic carbocycles. The number of nitrogens with one attached hydrogen (secondary N) is 1. The van der Waals surface area contributed by atoms with Crippen LogP contribution in [0.15, 0.2) is 12.3 Å². The predicted molar refractivity (Wildman–Crippen MR) is 76.3 cm³/mol. The number of hydrogen-bond acceptors (Lipinski definition) is 5. The largest absolute Gasteiger partial charge is 0.288 e. The Bertz CT molecular complexity index is 630. The van der Waals surface area contributed by atoms with E-state index >= 15 is 0 Å². The Morgan fingerprint density at radius 1 is 1.52 bits per heavy atom. The maximum absolute atomic E-state index is 12.2. The molecule has 1 aromatic rings. The first-order valence-corrected chi connectivity index (χ1v) is 8.49. The first-order chi connectivity index (χ1) is 9.97. The summed E-state index contributed by atoms with van der Waals surface area (Å²) in [5, 5.41) is 8.64. The number of hydrogen-bond donors (Lipinski definition) is 2. The molecule has 0 unspecified atom stereocenters. The van der Waals surface area contributed by atoms with Crippen molar-refractivity contribution < 1.29 is 18.4 Å². The van der Waals surface area contributed by atoms with Crippen LogP contribution in [-0.4, -0.2) is 41.1 Å². The molecule has 8 heteroatoms. The first-order valence-electron chi connectivity index (χ1n) is 6.88. The Balaban J connectivity index is 2.20. The third-order valence-electron chi connectivity index (χ3n) is 3.52. The summed E-state index contributed by atoms with van der Waals surface area (Å²) in [5.74, 6) is -0.514. The third-order valence-corrected chi connectivity index (χ3v) is 5.42. The highest BCUT2D eigenvalue weighted by Gasteiger charge is 2.27. The van der Waals surface area contributed by atoms with Crippen LogP contribution in [0.4, 0.5) is 0 Å². The number of amides is 1. The van der Waals surface area contributed by atoms with E-state index in [9.17, 15) is 13.2 Å². The number of rotatable bonds is 5. The molecule has 7 nitrogen and oxygen atoms in total. The molecule has 21 heavy (non-hydrogen) atoms. The minimum Gasteiger partial charge on any atom is -0.288 e. The van der Waals surface area contributed by atoms with Gasteiger partial charge in [-0.05, 0) is 18.1 Å². The monoisotopic (exact) mass is 313 g/mol. The summed E-state index contributed by atoms with van der Waals surface area (Å²) in [5.41, 5.74) is 3.27. The van der Waals surface area contributed by atoms with E-state index < -0.39 is 15.9 Å². The van der Waals surface area contributed by atoms with Gasteiger partial charge in [0.15, 0.2) is 0 Å². The summed E-state index contributed by atoms with van der Waals surface area (Å²) in [6, 6.07) is 1.58. The van der Waals surface area contributed by atoms with Crippen LogP contribution in [0.1, 0.15) is 41.4 Å². The lowest BCUT2D eigenvalue weighted by Crippen LogP contribution is -2.38. The van der Waals surface area contributed by atoms with Gasteiger partial charge in [-0.3, -0.25) is 15.0 Å². The number of fused-ring (bicyclic) bond motifs is 1. The van der Waals surface area contributed by atoms with E-state index in [1.807, 2.05) is 6.92 Å². The van der Waals surface area contributed by atoms with E-state index in [1.54, 1.807) is 11.5 Å². The zero-order chi connectivity index (χ0) is 15.5. The fourth-order valence-corrected chi connectivity index (χ4v) is 3.90. The molecule has 116 valence electrons. The SMILES string of the molecule is CCCCS(=O)(=O)N1CCc2ncc(C(=O)NO)cc2C1. The molecule has 1 aliphatic heterocycles. The molecule has 0 saturated carbocycles. The predicted octanol–water partition coefficient (Wildman–Crippen LogP) is 0.689. The molecule has 1 aliphatic rings. The highest BCUT2D eigenvalue weighted by molar-refractivity contribution is 7.89. The molecule has 2 heterocycles. The molecular weight excluding hydrogens is 294 g/mol. The van der Waals surface area contributed by atoms with E-state index in [1.165, 1.54) is 10.5 Å². The second-order valence-corrected chi connectivity index (χ2v) is 7.11. The van der Waals surface area contributed by atoms with Gasteiger partial charge in [-0.25, -0.2) is 13.9 Å². The Kier molecular flexibility index (Phi) is 4.92. The average molecular weight is 313 g/mol. The van der Waals surface area contributed by atoms with Crippen molar-refractivity contribution in [1.29, 1.82) is 0 Å². The smallest absolute Gasteiger partial charge is 0.276 e. The quantitative estimate of drug-likeness (QED) is 0.615. The van der Waals surface area contributed by atoms with Crippen LogP contribution in [0.3, 0.4) is 0 Å². The number of sulfonamides is 1. The third kappa shape index (κ3) is 3.58. The van der Waals surface area contributed by atoms with Crippen molar-refractivity contribution in [3.63, 3.8) is 0 Å². The second-order valence-electron chi connectivity index (χ2n) is 5.02. The van der Waals surface area contributed by atoms with E-state index in [4.69, 9.17) is 5.21 Å². The Morgan fingerprint density at radius 3 is 2.95 bits per heavy atom. The van der Waals surface area contributed by atoms with Crippen molar-refractivity contribution in [1.82, 2.24) is 14.8 Å². The number of hydroxylamine groups is 1. The molecule has 1 amide bonds. The average Bonchev–Trinajstić information content (AvgIpc) is 2.51. The van der Waals surface area contributed by atoms with Gasteiger partial charge < -0.3 is 0 Å². The maximum Gasteiger partial charge on any atom is 0.276 e. The minimum atomic E-state index is -3.27. The van der Waals surface area contributed by atoms with Crippen LogP contribution in [0.25, 0.3) is 0 Å². The standard InChI is InChI=1S/C13H19N3O4S/c1-2-3-6-21(19,20)16-5-4-12-11(9-16)7-10(8-14-12)13(17)15-18/h7-8,18H,2-6,9H2,1H3,(H,15,17). The normalized spacial score (nSPS) is 15.5. The zero-order valence-corrected chi connectivity index (χ0v) is 12.7. The number of carbonyl (C=O) groups is 1. The highest BCUT2D eigenvalue weighted by atomic mass is 32.2. The fraction of sp³-hybridized carbons (Fsp3) is 0.538. The van der Waals surface area contributed by atoms with Gasteiger partial charge in [0.25, 0.3) is 5.91 Å². The molecule has 2 rings (SSSR count). The Labute approximate surface area is 124 Å². The van der Waals surface area contributed by atoms with E-state index in [-0.39, 0.29) is 17.9 Å². The van der Waals surface area contributed by atoms with Crippen LogP contribution < -0.4 is 5.48 Å². The number of unbranched alkanes of at least 4 members (excludes halogenated alkanes) is 1. The van der Waals surface area contributed by atoms with Crippen molar-refractivity contribution in [2.75, 3.05) is 12.3 Å².